The van der Waals surface area contributed by atoms with Gasteiger partial charge in [-0.2, -0.15) is 4.31 Å². The monoisotopic (exact) mass is 320 g/mol. The zero-order valence-corrected chi connectivity index (χ0v) is 12.9. The molecule has 20 heavy (non-hydrogen) atoms. The molecule has 0 amide bonds. The first kappa shape index (κ1) is 15.4. The Kier molecular flexibility index (Phi) is 4.74. The van der Waals surface area contributed by atoms with Crippen LogP contribution in [0.15, 0.2) is 17.0 Å². The molecule has 1 heterocycles. The van der Waals surface area contributed by atoms with E-state index < -0.39 is 10.0 Å². The maximum Gasteiger partial charge on any atom is 0.246 e. The van der Waals surface area contributed by atoms with Gasteiger partial charge in [-0.25, -0.2) is 8.42 Å². The van der Waals surface area contributed by atoms with Crippen molar-refractivity contribution in [2.45, 2.75) is 4.90 Å². The van der Waals surface area contributed by atoms with Crippen LogP contribution in [-0.2, 0) is 10.0 Å². The minimum Gasteiger partial charge on any atom is -0.495 e. The molecule has 112 valence electrons. The first-order valence-corrected chi connectivity index (χ1v) is 7.95. The van der Waals surface area contributed by atoms with Crippen molar-refractivity contribution in [3.63, 3.8) is 0 Å². The van der Waals surface area contributed by atoms with Crippen LogP contribution in [0.2, 0.25) is 5.02 Å². The number of benzene rings is 1. The highest BCUT2D eigenvalue weighted by Crippen LogP contribution is 2.36. The van der Waals surface area contributed by atoms with E-state index >= 15 is 0 Å². The second-order valence-corrected chi connectivity index (χ2v) is 6.61. The summed E-state index contributed by atoms with van der Waals surface area (Å²) in [4.78, 5) is 0.0627. The van der Waals surface area contributed by atoms with Gasteiger partial charge in [0.1, 0.15) is 16.4 Å². The lowest BCUT2D eigenvalue weighted by molar-refractivity contribution is 0.353. The van der Waals surface area contributed by atoms with Crippen molar-refractivity contribution in [3.05, 3.63) is 17.2 Å². The Balaban J connectivity index is 2.47. The van der Waals surface area contributed by atoms with E-state index in [1.54, 1.807) is 0 Å². The second kappa shape index (κ2) is 6.17. The van der Waals surface area contributed by atoms with Crippen LogP contribution in [0.1, 0.15) is 0 Å². The van der Waals surface area contributed by atoms with Gasteiger partial charge in [0, 0.05) is 32.2 Å². The van der Waals surface area contributed by atoms with Gasteiger partial charge in [0.2, 0.25) is 10.0 Å². The summed E-state index contributed by atoms with van der Waals surface area (Å²) >= 11 is 6.03. The number of nitrogens with zero attached hydrogens (tertiary/aromatic N) is 1. The number of hydrogen-bond donors (Lipinski definition) is 1. The van der Waals surface area contributed by atoms with Gasteiger partial charge in [0.25, 0.3) is 0 Å². The number of ether oxygens (including phenoxy) is 2. The predicted molar refractivity (Wildman–Crippen MR) is 76.2 cm³/mol. The van der Waals surface area contributed by atoms with Crippen LogP contribution in [0, 0.1) is 0 Å². The van der Waals surface area contributed by atoms with E-state index in [4.69, 9.17) is 21.1 Å². The Morgan fingerprint density at radius 1 is 1.15 bits per heavy atom. The average Bonchev–Trinajstić information content (AvgIpc) is 2.47. The van der Waals surface area contributed by atoms with Gasteiger partial charge >= 0.3 is 0 Å². The minimum atomic E-state index is -3.62. The highest BCUT2D eigenvalue weighted by atomic mass is 35.5. The summed E-state index contributed by atoms with van der Waals surface area (Å²) in [6.45, 7) is 2.11. The maximum atomic E-state index is 12.6. The molecular formula is C12H17ClN2O4S. The second-order valence-electron chi connectivity index (χ2n) is 4.29. The van der Waals surface area contributed by atoms with E-state index in [1.807, 2.05) is 0 Å². The van der Waals surface area contributed by atoms with Crippen molar-refractivity contribution < 1.29 is 17.9 Å². The predicted octanol–water partition coefficient (Wildman–Crippen LogP) is 0.951. The van der Waals surface area contributed by atoms with Crippen molar-refractivity contribution in [2.75, 3.05) is 40.4 Å². The standard InChI is InChI=1S/C12H17ClN2O4S/c1-18-10-8-11(19-2)12(7-9(10)13)20(16,17)15-5-3-14-4-6-15/h7-8,14H,3-6H2,1-2H3. The molecule has 6 nitrogen and oxygen atoms in total. The third-order valence-electron chi connectivity index (χ3n) is 3.13. The lowest BCUT2D eigenvalue weighted by atomic mass is 10.3. The van der Waals surface area contributed by atoms with E-state index in [2.05, 4.69) is 5.32 Å². The van der Waals surface area contributed by atoms with Gasteiger partial charge in [-0.3, -0.25) is 0 Å². The molecule has 0 aromatic heterocycles. The molecular weight excluding hydrogens is 304 g/mol. The zero-order valence-electron chi connectivity index (χ0n) is 11.3. The fourth-order valence-electron chi connectivity index (χ4n) is 2.06. The van der Waals surface area contributed by atoms with Crippen molar-refractivity contribution >= 4 is 21.6 Å². The minimum absolute atomic E-state index is 0.0627. The molecule has 0 saturated carbocycles. The Labute approximate surface area is 123 Å². The number of piperazine rings is 1. The summed E-state index contributed by atoms with van der Waals surface area (Å²) in [6.07, 6.45) is 0. The van der Waals surface area contributed by atoms with E-state index in [-0.39, 0.29) is 15.7 Å². The van der Waals surface area contributed by atoms with Gasteiger partial charge in [-0.05, 0) is 6.07 Å². The molecule has 1 N–H and O–H groups in total. The summed E-state index contributed by atoms with van der Waals surface area (Å²) in [6, 6.07) is 2.86. The number of methoxy groups -OCH3 is 2. The van der Waals surface area contributed by atoms with Gasteiger partial charge in [0.15, 0.2) is 0 Å². The molecule has 2 rings (SSSR count). The third-order valence-corrected chi connectivity index (χ3v) is 5.35. The number of hydrogen-bond acceptors (Lipinski definition) is 5. The Bertz CT molecular complexity index is 585. The zero-order chi connectivity index (χ0) is 14.8. The maximum absolute atomic E-state index is 12.6. The van der Waals surface area contributed by atoms with Crippen LogP contribution in [0.4, 0.5) is 0 Å². The molecule has 1 aromatic carbocycles. The third kappa shape index (κ3) is 2.85. The SMILES string of the molecule is COc1cc(OC)c(S(=O)(=O)N2CCNCC2)cc1Cl. The molecule has 8 heteroatoms. The summed E-state index contributed by atoms with van der Waals surface area (Å²) in [5.41, 5.74) is 0. The summed E-state index contributed by atoms with van der Waals surface area (Å²) in [7, 11) is -0.744. The van der Waals surface area contributed by atoms with Gasteiger partial charge < -0.3 is 14.8 Å². The number of halogens is 1. The largest absolute Gasteiger partial charge is 0.495 e. The molecule has 0 unspecified atom stereocenters. The summed E-state index contributed by atoms with van der Waals surface area (Å²) < 4.78 is 36.9. The fourth-order valence-corrected chi connectivity index (χ4v) is 3.97. The highest BCUT2D eigenvalue weighted by molar-refractivity contribution is 7.89. The van der Waals surface area contributed by atoms with Crippen molar-refractivity contribution in [1.29, 1.82) is 0 Å². The van der Waals surface area contributed by atoms with Crippen molar-refractivity contribution in [2.24, 2.45) is 0 Å². The summed E-state index contributed by atoms with van der Waals surface area (Å²) in [5, 5.41) is 3.35. The molecule has 0 aliphatic carbocycles. The average molecular weight is 321 g/mol. The Morgan fingerprint density at radius 2 is 1.75 bits per heavy atom. The van der Waals surface area contributed by atoms with E-state index in [0.717, 1.165) is 0 Å². The number of nitrogens with one attached hydrogen (secondary N) is 1. The van der Waals surface area contributed by atoms with E-state index in [9.17, 15) is 8.42 Å². The van der Waals surface area contributed by atoms with Crippen LogP contribution in [0.5, 0.6) is 11.5 Å². The van der Waals surface area contributed by atoms with Crippen LogP contribution in [0.3, 0.4) is 0 Å². The molecule has 1 fully saturated rings. The molecule has 0 atom stereocenters. The van der Waals surface area contributed by atoms with E-state index in [0.29, 0.717) is 31.9 Å². The lowest BCUT2D eigenvalue weighted by Gasteiger charge is -2.27. The van der Waals surface area contributed by atoms with Crippen LogP contribution in [-0.4, -0.2) is 53.1 Å². The number of sulfonamides is 1. The smallest absolute Gasteiger partial charge is 0.246 e. The topological polar surface area (TPSA) is 67.9 Å². The van der Waals surface area contributed by atoms with Crippen molar-refractivity contribution in [1.82, 2.24) is 9.62 Å². The number of rotatable bonds is 4. The fraction of sp³-hybridized carbons (Fsp3) is 0.500. The first-order chi connectivity index (χ1) is 9.50. The highest BCUT2D eigenvalue weighted by Gasteiger charge is 2.29. The molecule has 1 saturated heterocycles. The molecule has 0 radical (unpaired) electrons. The van der Waals surface area contributed by atoms with E-state index in [1.165, 1.54) is 30.7 Å². The van der Waals surface area contributed by atoms with Crippen LogP contribution >= 0.6 is 11.6 Å². The van der Waals surface area contributed by atoms with Crippen molar-refractivity contribution in [3.8, 4) is 11.5 Å². The normalized spacial score (nSPS) is 16.9. The lowest BCUT2D eigenvalue weighted by Crippen LogP contribution is -2.46. The van der Waals surface area contributed by atoms with Gasteiger partial charge in [0.05, 0.1) is 19.2 Å². The molecule has 1 aromatic rings. The van der Waals surface area contributed by atoms with Crippen LogP contribution < -0.4 is 14.8 Å². The van der Waals surface area contributed by atoms with Gasteiger partial charge in [-0.1, -0.05) is 11.6 Å². The molecule has 1 aliphatic heterocycles. The summed E-state index contributed by atoms with van der Waals surface area (Å²) in [5.74, 6) is 0.604. The Hall–Kier alpha value is -1.02. The first-order valence-electron chi connectivity index (χ1n) is 6.13. The quantitative estimate of drug-likeness (QED) is 0.894. The molecule has 0 spiro atoms. The van der Waals surface area contributed by atoms with Gasteiger partial charge in [-0.15, -0.1) is 0 Å². The molecule has 1 aliphatic rings. The van der Waals surface area contributed by atoms with Crippen LogP contribution in [0.25, 0.3) is 0 Å². The Morgan fingerprint density at radius 3 is 2.30 bits per heavy atom. The molecule has 0 bridgehead atoms.